The van der Waals surface area contributed by atoms with Crippen molar-refractivity contribution in [2.24, 2.45) is 0 Å². The van der Waals surface area contributed by atoms with Gasteiger partial charge in [0.15, 0.2) is 0 Å². The zero-order valence-corrected chi connectivity index (χ0v) is 9.70. The van der Waals surface area contributed by atoms with Crippen molar-refractivity contribution in [2.45, 2.75) is 12.3 Å². The SMILES string of the molecule is CSCc1cn(CC(=O)O)c2ncccc12. The van der Waals surface area contributed by atoms with Crippen molar-refractivity contribution in [3.8, 4) is 0 Å². The molecule has 0 spiro atoms. The predicted octanol–water partition coefficient (Wildman–Crippen LogP) is 1.98. The summed E-state index contributed by atoms with van der Waals surface area (Å²) in [5, 5.41) is 9.85. The standard InChI is InChI=1S/C11H12N2O2S/c1-16-7-8-5-13(6-10(14)15)11-9(8)3-2-4-12-11/h2-5H,6-7H2,1H3,(H,14,15). The van der Waals surface area contributed by atoms with Crippen LogP contribution in [-0.4, -0.2) is 26.9 Å². The number of nitrogens with zero attached hydrogens (tertiary/aromatic N) is 2. The Morgan fingerprint density at radius 2 is 2.44 bits per heavy atom. The molecule has 0 aliphatic heterocycles. The van der Waals surface area contributed by atoms with Gasteiger partial charge in [0, 0.05) is 23.5 Å². The van der Waals surface area contributed by atoms with E-state index in [0.29, 0.717) is 0 Å². The van der Waals surface area contributed by atoms with Gasteiger partial charge in [0.1, 0.15) is 12.2 Å². The van der Waals surface area contributed by atoms with Gasteiger partial charge in [-0.15, -0.1) is 0 Å². The number of aliphatic carboxylic acids is 1. The molecule has 0 aromatic carbocycles. The lowest BCUT2D eigenvalue weighted by molar-refractivity contribution is -0.137. The van der Waals surface area contributed by atoms with Crippen molar-refractivity contribution >= 4 is 28.8 Å². The van der Waals surface area contributed by atoms with Crippen molar-refractivity contribution in [1.82, 2.24) is 9.55 Å². The van der Waals surface area contributed by atoms with Gasteiger partial charge in [0.25, 0.3) is 0 Å². The number of fused-ring (bicyclic) bond motifs is 1. The summed E-state index contributed by atoms with van der Waals surface area (Å²) < 4.78 is 1.68. The van der Waals surface area contributed by atoms with Crippen LogP contribution in [0.1, 0.15) is 5.56 Å². The van der Waals surface area contributed by atoms with Crippen molar-refractivity contribution in [3.63, 3.8) is 0 Å². The van der Waals surface area contributed by atoms with Crippen LogP contribution in [0, 0.1) is 0 Å². The minimum Gasteiger partial charge on any atom is -0.480 e. The van der Waals surface area contributed by atoms with Crippen LogP contribution in [0.5, 0.6) is 0 Å². The zero-order chi connectivity index (χ0) is 11.5. The zero-order valence-electron chi connectivity index (χ0n) is 8.88. The molecule has 2 aromatic heterocycles. The predicted molar refractivity (Wildman–Crippen MR) is 64.6 cm³/mol. The molecule has 4 nitrogen and oxygen atoms in total. The quantitative estimate of drug-likeness (QED) is 0.882. The molecule has 0 unspecified atom stereocenters. The van der Waals surface area contributed by atoms with Gasteiger partial charge >= 0.3 is 5.97 Å². The van der Waals surface area contributed by atoms with Crippen LogP contribution in [0.3, 0.4) is 0 Å². The maximum atomic E-state index is 10.7. The molecule has 2 rings (SSSR count). The van der Waals surface area contributed by atoms with Gasteiger partial charge < -0.3 is 9.67 Å². The van der Waals surface area contributed by atoms with E-state index in [1.807, 2.05) is 24.6 Å². The van der Waals surface area contributed by atoms with E-state index in [0.717, 1.165) is 22.3 Å². The molecule has 0 aliphatic carbocycles. The number of aromatic nitrogens is 2. The van der Waals surface area contributed by atoms with Gasteiger partial charge in [-0.05, 0) is 24.0 Å². The van der Waals surface area contributed by atoms with Crippen molar-refractivity contribution in [2.75, 3.05) is 6.26 Å². The van der Waals surface area contributed by atoms with Crippen molar-refractivity contribution < 1.29 is 9.90 Å². The Bertz CT molecular complexity index is 522. The highest BCUT2D eigenvalue weighted by Gasteiger charge is 2.10. The molecule has 0 aliphatic rings. The highest BCUT2D eigenvalue weighted by molar-refractivity contribution is 7.97. The van der Waals surface area contributed by atoms with E-state index in [1.54, 1.807) is 22.5 Å². The average Bonchev–Trinajstić information content (AvgIpc) is 2.58. The molecular weight excluding hydrogens is 224 g/mol. The third kappa shape index (κ3) is 2.04. The van der Waals surface area contributed by atoms with Gasteiger partial charge in [-0.1, -0.05) is 0 Å². The summed E-state index contributed by atoms with van der Waals surface area (Å²) in [5.41, 5.74) is 1.88. The second-order valence-corrected chi connectivity index (χ2v) is 4.35. The lowest BCUT2D eigenvalue weighted by Gasteiger charge is -1.98. The van der Waals surface area contributed by atoms with E-state index in [-0.39, 0.29) is 6.54 Å². The third-order valence-corrected chi connectivity index (χ3v) is 2.92. The second-order valence-electron chi connectivity index (χ2n) is 3.48. The minimum absolute atomic E-state index is 0.0398. The summed E-state index contributed by atoms with van der Waals surface area (Å²) >= 11 is 1.71. The second kappa shape index (κ2) is 4.57. The Kier molecular flexibility index (Phi) is 3.14. The van der Waals surface area contributed by atoms with Crippen LogP contribution in [-0.2, 0) is 17.1 Å². The Balaban J connectivity index is 2.52. The molecule has 0 amide bonds. The van der Waals surface area contributed by atoms with E-state index in [4.69, 9.17) is 5.11 Å². The fourth-order valence-electron chi connectivity index (χ4n) is 1.73. The monoisotopic (exact) mass is 236 g/mol. The number of carbonyl (C=O) groups is 1. The third-order valence-electron chi connectivity index (χ3n) is 2.32. The van der Waals surface area contributed by atoms with Crippen LogP contribution in [0.2, 0.25) is 0 Å². The highest BCUT2D eigenvalue weighted by Crippen LogP contribution is 2.22. The van der Waals surface area contributed by atoms with Crippen LogP contribution in [0.25, 0.3) is 11.0 Å². The number of thioether (sulfide) groups is 1. The van der Waals surface area contributed by atoms with Gasteiger partial charge in [-0.2, -0.15) is 11.8 Å². The number of carboxylic acids is 1. The molecule has 0 atom stereocenters. The first-order valence-electron chi connectivity index (χ1n) is 4.86. The number of hydrogen-bond donors (Lipinski definition) is 1. The van der Waals surface area contributed by atoms with Gasteiger partial charge in [-0.3, -0.25) is 4.79 Å². The van der Waals surface area contributed by atoms with Crippen molar-refractivity contribution in [3.05, 3.63) is 30.1 Å². The van der Waals surface area contributed by atoms with E-state index in [2.05, 4.69) is 4.98 Å². The van der Waals surface area contributed by atoms with E-state index in [9.17, 15) is 4.79 Å². The van der Waals surface area contributed by atoms with E-state index in [1.165, 1.54) is 0 Å². The Hall–Kier alpha value is -1.49. The smallest absolute Gasteiger partial charge is 0.323 e. The first kappa shape index (κ1) is 11.0. The van der Waals surface area contributed by atoms with Crippen LogP contribution in [0.4, 0.5) is 0 Å². The van der Waals surface area contributed by atoms with Crippen LogP contribution >= 0.6 is 11.8 Å². The number of rotatable bonds is 4. The minimum atomic E-state index is -0.849. The number of carboxylic acid groups (broad SMARTS) is 1. The molecular formula is C11H12N2O2S. The van der Waals surface area contributed by atoms with E-state index < -0.39 is 5.97 Å². The first-order valence-corrected chi connectivity index (χ1v) is 6.25. The van der Waals surface area contributed by atoms with Crippen LogP contribution in [0.15, 0.2) is 24.5 Å². The maximum absolute atomic E-state index is 10.7. The Labute approximate surface area is 97.3 Å². The topological polar surface area (TPSA) is 55.1 Å². The molecule has 84 valence electrons. The molecule has 0 saturated carbocycles. The fourth-order valence-corrected chi connectivity index (χ4v) is 2.27. The highest BCUT2D eigenvalue weighted by atomic mass is 32.2. The van der Waals surface area contributed by atoms with Gasteiger partial charge in [0.2, 0.25) is 0 Å². The average molecular weight is 236 g/mol. The molecule has 2 heterocycles. The van der Waals surface area contributed by atoms with Gasteiger partial charge in [-0.25, -0.2) is 4.98 Å². The van der Waals surface area contributed by atoms with Gasteiger partial charge in [0.05, 0.1) is 0 Å². The summed E-state index contributed by atoms with van der Waals surface area (Å²) in [6.07, 6.45) is 5.59. The number of pyridine rings is 1. The normalized spacial score (nSPS) is 10.8. The molecule has 0 bridgehead atoms. The Morgan fingerprint density at radius 1 is 1.62 bits per heavy atom. The Morgan fingerprint density at radius 3 is 3.12 bits per heavy atom. The lowest BCUT2D eigenvalue weighted by Crippen LogP contribution is -2.07. The lowest BCUT2D eigenvalue weighted by atomic mass is 10.2. The summed E-state index contributed by atoms with van der Waals surface area (Å²) in [7, 11) is 0. The molecule has 5 heteroatoms. The summed E-state index contributed by atoms with van der Waals surface area (Å²) in [5.74, 6) is 0.0210. The molecule has 1 N–H and O–H groups in total. The molecule has 0 saturated heterocycles. The summed E-state index contributed by atoms with van der Waals surface area (Å²) in [4.78, 5) is 15.0. The number of hydrogen-bond acceptors (Lipinski definition) is 3. The summed E-state index contributed by atoms with van der Waals surface area (Å²) in [6, 6.07) is 3.85. The van der Waals surface area contributed by atoms with E-state index >= 15 is 0 Å². The molecule has 16 heavy (non-hydrogen) atoms. The fraction of sp³-hybridized carbons (Fsp3) is 0.273. The molecule has 0 fully saturated rings. The largest absolute Gasteiger partial charge is 0.480 e. The van der Waals surface area contributed by atoms with Crippen molar-refractivity contribution in [1.29, 1.82) is 0 Å². The maximum Gasteiger partial charge on any atom is 0.323 e. The first-order chi connectivity index (χ1) is 7.72. The summed E-state index contributed by atoms with van der Waals surface area (Å²) in [6.45, 7) is -0.0398. The van der Waals surface area contributed by atoms with Crippen LogP contribution < -0.4 is 0 Å². The molecule has 2 aromatic rings. The molecule has 0 radical (unpaired) electrons.